The number of anilines is 4. The molecule has 2 aromatic carbocycles. The van der Waals surface area contributed by atoms with Gasteiger partial charge in [0.15, 0.2) is 5.82 Å². The molecule has 0 aliphatic heterocycles. The van der Waals surface area contributed by atoms with Crippen molar-refractivity contribution < 1.29 is 0 Å². The van der Waals surface area contributed by atoms with Crippen LogP contribution in [0.25, 0.3) is 0 Å². The average Bonchev–Trinajstić information content (AvgIpc) is 2.52. The molecule has 0 saturated carbocycles. The molecule has 0 amide bonds. The highest BCUT2D eigenvalue weighted by molar-refractivity contribution is 6.33. The monoisotopic (exact) mass is 311 g/mol. The minimum atomic E-state index is 0.423. The van der Waals surface area contributed by atoms with E-state index in [1.54, 1.807) is 6.20 Å². The van der Waals surface area contributed by atoms with Gasteiger partial charge in [0.25, 0.3) is 0 Å². The molecule has 5 nitrogen and oxygen atoms in total. The third-order valence-electron chi connectivity index (χ3n) is 3.09. The number of nitrogens with one attached hydrogen (secondary N) is 2. The molecule has 0 aliphatic rings. The van der Waals surface area contributed by atoms with Crippen molar-refractivity contribution in [1.29, 1.82) is 0 Å². The van der Waals surface area contributed by atoms with Crippen molar-refractivity contribution >= 4 is 34.7 Å². The van der Waals surface area contributed by atoms with Crippen molar-refractivity contribution in [1.82, 2.24) is 15.2 Å². The van der Waals surface area contributed by atoms with E-state index in [1.807, 2.05) is 55.5 Å². The van der Waals surface area contributed by atoms with Gasteiger partial charge in [-0.3, -0.25) is 0 Å². The van der Waals surface area contributed by atoms with Gasteiger partial charge < -0.3 is 10.6 Å². The van der Waals surface area contributed by atoms with Crippen molar-refractivity contribution in [2.45, 2.75) is 6.92 Å². The Morgan fingerprint density at radius 1 is 0.909 bits per heavy atom. The SMILES string of the molecule is Cc1ccccc1Nc1nncc(Nc2ccccc2Cl)n1. The van der Waals surface area contributed by atoms with Gasteiger partial charge in [-0.1, -0.05) is 41.9 Å². The first-order chi connectivity index (χ1) is 10.7. The van der Waals surface area contributed by atoms with Crippen LogP contribution in [0.15, 0.2) is 54.7 Å². The first kappa shape index (κ1) is 14.3. The van der Waals surface area contributed by atoms with E-state index >= 15 is 0 Å². The number of aromatic nitrogens is 3. The first-order valence-corrected chi connectivity index (χ1v) is 7.14. The zero-order valence-electron chi connectivity index (χ0n) is 11.9. The largest absolute Gasteiger partial charge is 0.338 e. The molecule has 0 bridgehead atoms. The molecule has 1 aromatic heterocycles. The minimum absolute atomic E-state index is 0.423. The summed E-state index contributed by atoms with van der Waals surface area (Å²) < 4.78 is 0. The lowest BCUT2D eigenvalue weighted by molar-refractivity contribution is 0.982. The van der Waals surface area contributed by atoms with Gasteiger partial charge in [-0.15, -0.1) is 5.10 Å². The Balaban J connectivity index is 1.81. The Hall–Kier alpha value is -2.66. The molecule has 2 N–H and O–H groups in total. The van der Waals surface area contributed by atoms with Crippen molar-refractivity contribution in [2.75, 3.05) is 10.6 Å². The first-order valence-electron chi connectivity index (χ1n) is 6.76. The van der Waals surface area contributed by atoms with Gasteiger partial charge in [0.2, 0.25) is 5.95 Å². The van der Waals surface area contributed by atoms with Crippen LogP contribution in [-0.4, -0.2) is 15.2 Å². The number of para-hydroxylation sites is 2. The van der Waals surface area contributed by atoms with Gasteiger partial charge in [0.1, 0.15) is 0 Å². The molecule has 0 unspecified atom stereocenters. The van der Waals surface area contributed by atoms with E-state index in [-0.39, 0.29) is 0 Å². The van der Waals surface area contributed by atoms with Crippen LogP contribution >= 0.6 is 11.6 Å². The highest BCUT2D eigenvalue weighted by Gasteiger charge is 2.05. The number of aryl methyl sites for hydroxylation is 1. The zero-order valence-corrected chi connectivity index (χ0v) is 12.7. The third-order valence-corrected chi connectivity index (χ3v) is 3.42. The topological polar surface area (TPSA) is 62.7 Å². The molecule has 0 spiro atoms. The van der Waals surface area contributed by atoms with Crippen LogP contribution in [-0.2, 0) is 0 Å². The fourth-order valence-electron chi connectivity index (χ4n) is 1.95. The summed E-state index contributed by atoms with van der Waals surface area (Å²) in [6.45, 7) is 2.02. The number of benzene rings is 2. The molecular weight excluding hydrogens is 298 g/mol. The second-order valence-electron chi connectivity index (χ2n) is 4.71. The summed E-state index contributed by atoms with van der Waals surface area (Å²) in [6, 6.07) is 15.4. The normalized spacial score (nSPS) is 10.3. The Kier molecular flexibility index (Phi) is 4.16. The molecule has 22 heavy (non-hydrogen) atoms. The highest BCUT2D eigenvalue weighted by Crippen LogP contribution is 2.24. The van der Waals surface area contributed by atoms with E-state index in [4.69, 9.17) is 11.6 Å². The van der Waals surface area contributed by atoms with E-state index in [0.717, 1.165) is 16.9 Å². The summed E-state index contributed by atoms with van der Waals surface area (Å²) in [5.74, 6) is 0.991. The molecular formula is C16H14ClN5. The summed E-state index contributed by atoms with van der Waals surface area (Å²) in [7, 11) is 0. The maximum absolute atomic E-state index is 6.12. The predicted octanol–water partition coefficient (Wildman–Crippen LogP) is 4.32. The summed E-state index contributed by atoms with van der Waals surface area (Å²) in [5, 5.41) is 14.9. The summed E-state index contributed by atoms with van der Waals surface area (Å²) in [6.07, 6.45) is 1.55. The standard InChI is InChI=1S/C16H14ClN5/c1-11-6-2-4-8-13(11)20-16-21-15(10-18-22-16)19-14-9-5-3-7-12(14)17/h2-10H,1H3,(H2,19,20,21,22). The molecule has 0 aliphatic carbocycles. The zero-order chi connectivity index (χ0) is 15.4. The smallest absolute Gasteiger partial charge is 0.249 e. The lowest BCUT2D eigenvalue weighted by atomic mass is 10.2. The molecule has 0 atom stereocenters. The molecule has 0 fully saturated rings. The number of rotatable bonds is 4. The second-order valence-corrected chi connectivity index (χ2v) is 5.12. The lowest BCUT2D eigenvalue weighted by Crippen LogP contribution is -2.03. The summed E-state index contributed by atoms with van der Waals surface area (Å²) >= 11 is 6.12. The fourth-order valence-corrected chi connectivity index (χ4v) is 2.13. The number of nitrogens with zero attached hydrogens (tertiary/aromatic N) is 3. The molecule has 110 valence electrons. The summed E-state index contributed by atoms with van der Waals surface area (Å²) in [5.41, 5.74) is 2.82. The van der Waals surface area contributed by atoms with Gasteiger partial charge in [-0.05, 0) is 30.7 Å². The maximum atomic E-state index is 6.12. The van der Waals surface area contributed by atoms with E-state index in [1.165, 1.54) is 0 Å². The number of hydrogen-bond donors (Lipinski definition) is 2. The minimum Gasteiger partial charge on any atom is -0.338 e. The average molecular weight is 312 g/mol. The fraction of sp³-hybridized carbons (Fsp3) is 0.0625. The molecule has 3 aromatic rings. The number of halogens is 1. The molecule has 0 saturated heterocycles. The van der Waals surface area contributed by atoms with Gasteiger partial charge in [0, 0.05) is 5.69 Å². The Morgan fingerprint density at radius 3 is 2.41 bits per heavy atom. The van der Waals surface area contributed by atoms with E-state index in [2.05, 4.69) is 25.8 Å². The highest BCUT2D eigenvalue weighted by atomic mass is 35.5. The van der Waals surface area contributed by atoms with Crippen LogP contribution in [0.4, 0.5) is 23.1 Å². The molecule has 3 rings (SSSR count). The molecule has 6 heteroatoms. The Bertz CT molecular complexity index is 728. The van der Waals surface area contributed by atoms with E-state index in [9.17, 15) is 0 Å². The van der Waals surface area contributed by atoms with Gasteiger partial charge in [-0.2, -0.15) is 10.1 Å². The van der Waals surface area contributed by atoms with Crippen LogP contribution in [0, 0.1) is 6.92 Å². The van der Waals surface area contributed by atoms with Crippen molar-refractivity contribution in [3.8, 4) is 0 Å². The lowest BCUT2D eigenvalue weighted by Gasteiger charge is -2.10. The second kappa shape index (κ2) is 6.41. The van der Waals surface area contributed by atoms with Crippen LogP contribution in [0.5, 0.6) is 0 Å². The van der Waals surface area contributed by atoms with Crippen LogP contribution in [0.3, 0.4) is 0 Å². The number of hydrogen-bond acceptors (Lipinski definition) is 5. The molecule has 1 heterocycles. The third kappa shape index (κ3) is 3.32. The quantitative estimate of drug-likeness (QED) is 0.751. The van der Waals surface area contributed by atoms with Crippen molar-refractivity contribution in [3.05, 3.63) is 65.3 Å². The molecule has 0 radical (unpaired) electrons. The van der Waals surface area contributed by atoms with Crippen LogP contribution < -0.4 is 10.6 Å². The van der Waals surface area contributed by atoms with Crippen molar-refractivity contribution in [3.63, 3.8) is 0 Å². The Labute approximate surface area is 133 Å². The Morgan fingerprint density at radius 2 is 1.64 bits per heavy atom. The van der Waals surface area contributed by atoms with Crippen molar-refractivity contribution in [2.24, 2.45) is 0 Å². The van der Waals surface area contributed by atoms with Gasteiger partial charge in [0.05, 0.1) is 16.9 Å². The van der Waals surface area contributed by atoms with Crippen LogP contribution in [0.1, 0.15) is 5.56 Å². The predicted molar refractivity (Wildman–Crippen MR) is 89.0 cm³/mol. The van der Waals surface area contributed by atoms with Gasteiger partial charge >= 0.3 is 0 Å². The van der Waals surface area contributed by atoms with E-state index < -0.39 is 0 Å². The van der Waals surface area contributed by atoms with Gasteiger partial charge in [-0.25, -0.2) is 0 Å². The maximum Gasteiger partial charge on any atom is 0.249 e. The van der Waals surface area contributed by atoms with Crippen LogP contribution in [0.2, 0.25) is 5.02 Å². The van der Waals surface area contributed by atoms with E-state index in [0.29, 0.717) is 16.8 Å². The summed E-state index contributed by atoms with van der Waals surface area (Å²) in [4.78, 5) is 4.39.